The van der Waals surface area contributed by atoms with Gasteiger partial charge in [-0.1, -0.05) is 41.9 Å². The zero-order valence-corrected chi connectivity index (χ0v) is 22.6. The molecule has 208 valence electrons. The van der Waals surface area contributed by atoms with Crippen LogP contribution >= 0.6 is 11.6 Å². The maximum atomic E-state index is 13.3. The Hall–Kier alpha value is -4.74. The van der Waals surface area contributed by atoms with Gasteiger partial charge in [0.25, 0.3) is 5.91 Å². The van der Waals surface area contributed by atoms with Crippen LogP contribution in [0.4, 0.5) is 16.2 Å². The molecule has 0 fully saturated rings. The molecule has 0 aliphatic heterocycles. The Balaban J connectivity index is 1.70. The van der Waals surface area contributed by atoms with E-state index in [-0.39, 0.29) is 18.9 Å². The Morgan fingerprint density at radius 1 is 1.10 bits per heavy atom. The molecule has 0 aliphatic rings. The van der Waals surface area contributed by atoms with Crippen LogP contribution in [0.15, 0.2) is 83.0 Å². The van der Waals surface area contributed by atoms with Crippen LogP contribution in [0.5, 0.6) is 0 Å². The lowest BCUT2D eigenvalue weighted by atomic mass is 10.0. The summed E-state index contributed by atoms with van der Waals surface area (Å²) in [6.45, 7) is 3.54. The third kappa shape index (κ3) is 8.93. The molecule has 0 radical (unpaired) electrons. The minimum Gasteiger partial charge on any atom is -0.453 e. The van der Waals surface area contributed by atoms with E-state index < -0.39 is 18.0 Å². The number of halogens is 1. The van der Waals surface area contributed by atoms with Crippen molar-refractivity contribution in [3.63, 3.8) is 0 Å². The SMILES string of the molecule is C=N/N=C\N(N)c1ccc(Cl)cc1CCNC(=O)[C@H](Cc1ccccc1)NC(=O)c1ccc(NC(=O)OC)cc1. The molecule has 11 nitrogen and oxygen atoms in total. The summed E-state index contributed by atoms with van der Waals surface area (Å²) in [6.07, 6.45) is 1.38. The molecule has 1 atom stereocenters. The number of nitrogens with one attached hydrogen (secondary N) is 3. The first-order valence-corrected chi connectivity index (χ1v) is 12.6. The molecular formula is C28H30ClN7O4. The zero-order valence-electron chi connectivity index (χ0n) is 21.8. The fourth-order valence-corrected chi connectivity index (χ4v) is 3.97. The molecule has 0 aliphatic carbocycles. The van der Waals surface area contributed by atoms with Crippen molar-refractivity contribution in [1.82, 2.24) is 10.6 Å². The number of hydrogen-bond acceptors (Lipinski definition) is 7. The summed E-state index contributed by atoms with van der Waals surface area (Å²) in [7, 11) is 1.26. The number of ether oxygens (including phenoxy) is 1. The molecule has 3 amide bonds. The Bertz CT molecular complexity index is 1350. The van der Waals surface area contributed by atoms with E-state index in [1.807, 2.05) is 30.3 Å². The molecule has 0 bridgehead atoms. The Labute approximate surface area is 237 Å². The second-order valence-corrected chi connectivity index (χ2v) is 8.94. The summed E-state index contributed by atoms with van der Waals surface area (Å²) in [6, 6.07) is 19.9. The number of benzene rings is 3. The molecule has 0 heterocycles. The van der Waals surface area contributed by atoms with Gasteiger partial charge in [-0.2, -0.15) is 5.10 Å². The van der Waals surface area contributed by atoms with E-state index >= 15 is 0 Å². The second-order valence-electron chi connectivity index (χ2n) is 8.50. The van der Waals surface area contributed by atoms with Gasteiger partial charge in [0.2, 0.25) is 5.91 Å². The highest BCUT2D eigenvalue weighted by molar-refractivity contribution is 6.30. The average molecular weight is 564 g/mol. The largest absolute Gasteiger partial charge is 0.453 e. The first-order chi connectivity index (χ1) is 19.3. The van der Waals surface area contributed by atoms with Crippen LogP contribution in [0.3, 0.4) is 0 Å². The van der Waals surface area contributed by atoms with Crippen molar-refractivity contribution in [3.05, 3.63) is 94.5 Å². The van der Waals surface area contributed by atoms with Crippen LogP contribution in [-0.2, 0) is 22.4 Å². The van der Waals surface area contributed by atoms with Gasteiger partial charge in [0.15, 0.2) is 0 Å². The summed E-state index contributed by atoms with van der Waals surface area (Å²) in [5, 5.41) is 17.1. The molecule has 12 heteroatoms. The van der Waals surface area contributed by atoms with Crippen molar-refractivity contribution in [2.45, 2.75) is 18.9 Å². The summed E-state index contributed by atoms with van der Waals surface area (Å²) < 4.78 is 4.57. The molecule has 0 saturated heterocycles. The minimum atomic E-state index is -0.849. The molecule has 0 aromatic heterocycles. The van der Waals surface area contributed by atoms with E-state index in [2.05, 4.69) is 37.6 Å². The fourth-order valence-electron chi connectivity index (χ4n) is 3.78. The van der Waals surface area contributed by atoms with Crippen LogP contribution in [-0.4, -0.2) is 50.7 Å². The average Bonchev–Trinajstić information content (AvgIpc) is 2.96. The molecular weight excluding hydrogens is 534 g/mol. The number of rotatable bonds is 12. The van der Waals surface area contributed by atoms with E-state index in [4.69, 9.17) is 17.4 Å². The number of hydrogen-bond donors (Lipinski definition) is 4. The summed E-state index contributed by atoms with van der Waals surface area (Å²) in [5.74, 6) is 5.25. The van der Waals surface area contributed by atoms with Gasteiger partial charge in [-0.25, -0.2) is 10.6 Å². The van der Waals surface area contributed by atoms with Crippen LogP contribution < -0.4 is 26.8 Å². The van der Waals surface area contributed by atoms with Gasteiger partial charge < -0.3 is 15.4 Å². The van der Waals surface area contributed by atoms with Crippen molar-refractivity contribution in [2.24, 2.45) is 16.0 Å². The first-order valence-electron chi connectivity index (χ1n) is 12.2. The van der Waals surface area contributed by atoms with Crippen molar-refractivity contribution >= 4 is 53.9 Å². The predicted octanol–water partition coefficient (Wildman–Crippen LogP) is 3.54. The van der Waals surface area contributed by atoms with Gasteiger partial charge in [-0.05, 0) is 60.0 Å². The number of carbonyl (C=O) groups is 3. The lowest BCUT2D eigenvalue weighted by molar-refractivity contribution is -0.122. The van der Waals surface area contributed by atoms with E-state index in [0.717, 1.165) is 11.1 Å². The molecule has 0 saturated carbocycles. The Kier molecular flexibility index (Phi) is 11.2. The van der Waals surface area contributed by atoms with Crippen LogP contribution in [0.2, 0.25) is 5.02 Å². The summed E-state index contributed by atoms with van der Waals surface area (Å²) >= 11 is 6.18. The Morgan fingerprint density at radius 2 is 1.82 bits per heavy atom. The summed E-state index contributed by atoms with van der Waals surface area (Å²) in [4.78, 5) is 37.7. The van der Waals surface area contributed by atoms with E-state index in [1.54, 1.807) is 42.5 Å². The maximum absolute atomic E-state index is 13.3. The highest BCUT2D eigenvalue weighted by Gasteiger charge is 2.22. The minimum absolute atomic E-state index is 0.256. The molecule has 40 heavy (non-hydrogen) atoms. The molecule has 3 aromatic carbocycles. The molecule has 0 spiro atoms. The molecule has 0 unspecified atom stereocenters. The monoisotopic (exact) mass is 563 g/mol. The first kappa shape index (κ1) is 29.8. The van der Waals surface area contributed by atoms with Crippen LogP contribution in [0.25, 0.3) is 0 Å². The number of hydrazine groups is 1. The lowest BCUT2D eigenvalue weighted by Gasteiger charge is -2.20. The van der Waals surface area contributed by atoms with Gasteiger partial charge in [-0.3, -0.25) is 19.9 Å². The maximum Gasteiger partial charge on any atom is 0.411 e. The van der Waals surface area contributed by atoms with E-state index in [1.165, 1.54) is 18.5 Å². The van der Waals surface area contributed by atoms with Crippen molar-refractivity contribution in [2.75, 3.05) is 24.0 Å². The quantitative estimate of drug-likeness (QED) is 0.114. The normalized spacial score (nSPS) is 11.4. The number of methoxy groups -OCH3 is 1. The molecule has 3 aromatic rings. The number of amides is 3. The predicted molar refractivity (Wildman–Crippen MR) is 157 cm³/mol. The van der Waals surface area contributed by atoms with Crippen molar-refractivity contribution in [1.29, 1.82) is 0 Å². The van der Waals surface area contributed by atoms with Gasteiger partial charge in [0, 0.05) is 36.0 Å². The fraction of sp³-hybridized carbons (Fsp3) is 0.179. The van der Waals surface area contributed by atoms with Crippen molar-refractivity contribution < 1.29 is 19.1 Å². The number of nitrogens with zero attached hydrogens (tertiary/aromatic N) is 3. The standard InChI is InChI=1S/C28H30ClN7O4/c1-31-33-18-36(30)25-13-10-22(29)17-21(25)14-15-32-27(38)24(16-19-6-4-3-5-7-19)35-26(37)20-8-11-23(12-9-20)34-28(39)40-2/h3-13,17-18,24H,1,14-16,30H2,2H3,(H,32,38)(H,34,39)(H,35,37)/b33-18-/t24-/m0/s1. The molecule has 3 rings (SSSR count). The third-order valence-corrected chi connectivity index (χ3v) is 5.99. The topological polar surface area (TPSA) is 151 Å². The summed E-state index contributed by atoms with van der Waals surface area (Å²) in [5.41, 5.74) is 3.07. The van der Waals surface area contributed by atoms with Gasteiger partial charge in [0.05, 0.1) is 12.8 Å². The smallest absolute Gasteiger partial charge is 0.411 e. The number of carbonyl (C=O) groups excluding carboxylic acids is 3. The number of anilines is 2. The zero-order chi connectivity index (χ0) is 28.9. The highest BCUT2D eigenvalue weighted by Crippen LogP contribution is 2.23. The van der Waals surface area contributed by atoms with E-state index in [0.29, 0.717) is 28.4 Å². The second kappa shape index (κ2) is 15.0. The van der Waals surface area contributed by atoms with E-state index in [9.17, 15) is 14.4 Å². The van der Waals surface area contributed by atoms with Crippen LogP contribution in [0.1, 0.15) is 21.5 Å². The molecule has 5 N–H and O–H groups in total. The highest BCUT2D eigenvalue weighted by atomic mass is 35.5. The lowest BCUT2D eigenvalue weighted by Crippen LogP contribution is -2.48. The number of nitrogens with two attached hydrogens (primary N) is 1. The van der Waals surface area contributed by atoms with Crippen molar-refractivity contribution in [3.8, 4) is 0 Å². The van der Waals surface area contributed by atoms with Gasteiger partial charge >= 0.3 is 6.09 Å². The van der Waals surface area contributed by atoms with Gasteiger partial charge in [-0.15, -0.1) is 5.10 Å². The third-order valence-electron chi connectivity index (χ3n) is 5.75. The van der Waals surface area contributed by atoms with Crippen LogP contribution in [0, 0.1) is 0 Å². The Morgan fingerprint density at radius 3 is 2.50 bits per heavy atom. The van der Waals surface area contributed by atoms with Gasteiger partial charge in [0.1, 0.15) is 12.4 Å².